The van der Waals surface area contributed by atoms with Gasteiger partial charge in [0.1, 0.15) is 18.1 Å². The van der Waals surface area contributed by atoms with Gasteiger partial charge >= 0.3 is 12.1 Å². The third-order valence-electron chi connectivity index (χ3n) is 9.68. The number of piperidine rings is 1. The number of nitrogens with one attached hydrogen (secondary N) is 2. The van der Waals surface area contributed by atoms with E-state index < -0.39 is 53.7 Å². The maximum atomic E-state index is 13.9. The average molecular weight is 645 g/mol. The van der Waals surface area contributed by atoms with Crippen molar-refractivity contribution in [2.75, 3.05) is 6.54 Å². The van der Waals surface area contributed by atoms with Crippen molar-refractivity contribution >= 4 is 39.1 Å². The second-order valence-electron chi connectivity index (χ2n) is 13.0. The minimum atomic E-state index is -5.22. The molecule has 3 amide bonds. The fourth-order valence-electron chi connectivity index (χ4n) is 6.86. The van der Waals surface area contributed by atoms with Crippen LogP contribution in [0.25, 0.3) is 10.1 Å². The maximum Gasteiger partial charge on any atom is 0.471 e. The number of nitrogens with zero attached hydrogens (tertiary/aromatic N) is 4. The third-order valence-corrected chi connectivity index (χ3v) is 10.6. The molecule has 1 unspecified atom stereocenters. The molecule has 45 heavy (non-hydrogen) atoms. The van der Waals surface area contributed by atoms with Crippen molar-refractivity contribution in [1.82, 2.24) is 25.7 Å². The van der Waals surface area contributed by atoms with Crippen LogP contribution in [0.3, 0.4) is 0 Å². The molecule has 2 N–H and O–H groups in total. The Balaban J connectivity index is 1.34. The molecule has 0 radical (unpaired) electrons. The number of alkyl halides is 3. The number of thiophene rings is 1. The van der Waals surface area contributed by atoms with Crippen molar-refractivity contribution in [1.29, 1.82) is 5.26 Å². The smallest absolute Gasteiger partial charge is 0.370 e. The van der Waals surface area contributed by atoms with E-state index in [1.807, 2.05) is 31.5 Å². The molecule has 0 spiro atoms. The highest BCUT2D eigenvalue weighted by Gasteiger charge is 2.70. The molecule has 0 aromatic carbocycles. The number of carbonyl (C=O) groups excluding carboxylic acids is 3. The van der Waals surface area contributed by atoms with E-state index in [-0.39, 0.29) is 36.6 Å². The van der Waals surface area contributed by atoms with Crippen molar-refractivity contribution in [3.05, 3.63) is 22.8 Å². The van der Waals surface area contributed by atoms with Gasteiger partial charge in [-0.2, -0.15) is 28.6 Å². The SMILES string of the molecule is C#Cc1csc2cnnc(CCC(C#N)NC(=O)[C@@H]3[C@@H]4[C@H](CN3C(=O)[C@@H](NC(=O)C(F)(F)F)[C@@H](C)OC3(C)CCC3)C4(C)C)c12. The second-order valence-corrected chi connectivity index (χ2v) is 13.9. The summed E-state index contributed by atoms with van der Waals surface area (Å²) in [6, 6.07) is -1.58. The van der Waals surface area contributed by atoms with Gasteiger partial charge in [-0.1, -0.05) is 19.8 Å². The van der Waals surface area contributed by atoms with Gasteiger partial charge in [-0.15, -0.1) is 17.8 Å². The largest absolute Gasteiger partial charge is 0.471 e. The highest BCUT2D eigenvalue weighted by Crippen LogP contribution is 2.65. The summed E-state index contributed by atoms with van der Waals surface area (Å²) in [4.78, 5) is 41.0. The highest BCUT2D eigenvalue weighted by atomic mass is 32.1. The number of amides is 3. The highest BCUT2D eigenvalue weighted by molar-refractivity contribution is 7.17. The molecule has 3 aliphatic rings. The lowest BCUT2D eigenvalue weighted by Gasteiger charge is -2.43. The Morgan fingerprint density at radius 2 is 1.98 bits per heavy atom. The normalized spacial score (nSPS) is 24.7. The quantitative estimate of drug-likeness (QED) is 0.378. The molecule has 3 heterocycles. The molecule has 10 nitrogen and oxygen atoms in total. The van der Waals surface area contributed by atoms with Crippen LogP contribution in [-0.4, -0.2) is 75.4 Å². The molecule has 2 saturated carbocycles. The van der Waals surface area contributed by atoms with E-state index in [1.54, 1.807) is 6.20 Å². The van der Waals surface area contributed by atoms with Crippen LogP contribution in [0.1, 0.15) is 64.6 Å². The van der Waals surface area contributed by atoms with E-state index in [1.165, 1.54) is 23.2 Å². The van der Waals surface area contributed by atoms with Crippen LogP contribution in [-0.2, 0) is 25.5 Å². The Morgan fingerprint density at radius 3 is 2.58 bits per heavy atom. The number of likely N-dealkylation sites (tertiary alicyclic amines) is 1. The number of ether oxygens (including phenoxy) is 1. The predicted molar refractivity (Wildman–Crippen MR) is 158 cm³/mol. The maximum absolute atomic E-state index is 13.9. The van der Waals surface area contributed by atoms with E-state index in [2.05, 4.69) is 27.5 Å². The fourth-order valence-corrected chi connectivity index (χ4v) is 7.74. The Bertz CT molecular complexity index is 1590. The fraction of sp³-hybridized carbons (Fsp3) is 0.613. The van der Waals surface area contributed by atoms with Crippen molar-refractivity contribution in [3.63, 3.8) is 0 Å². The minimum Gasteiger partial charge on any atom is -0.370 e. The van der Waals surface area contributed by atoms with Crippen molar-refractivity contribution in [3.8, 4) is 18.4 Å². The molecule has 5 rings (SSSR count). The summed E-state index contributed by atoms with van der Waals surface area (Å²) in [6.45, 7) is 7.30. The van der Waals surface area contributed by atoms with Gasteiger partial charge in [-0.25, -0.2) is 0 Å². The molecular weight excluding hydrogens is 609 g/mol. The number of aromatic nitrogens is 2. The van der Waals surface area contributed by atoms with Gasteiger partial charge in [0, 0.05) is 22.9 Å². The van der Waals surface area contributed by atoms with E-state index >= 15 is 0 Å². The number of halogens is 3. The Kier molecular flexibility index (Phi) is 8.62. The summed E-state index contributed by atoms with van der Waals surface area (Å²) in [5.74, 6) is -1.41. The lowest BCUT2D eigenvalue weighted by molar-refractivity contribution is -0.180. The number of hydrogen-bond donors (Lipinski definition) is 2. The molecule has 2 aromatic heterocycles. The summed E-state index contributed by atoms with van der Waals surface area (Å²) in [7, 11) is 0. The lowest BCUT2D eigenvalue weighted by Crippen LogP contribution is -2.61. The number of fused-ring (bicyclic) bond motifs is 2. The molecule has 0 bridgehead atoms. The van der Waals surface area contributed by atoms with Crippen LogP contribution in [0.5, 0.6) is 0 Å². The van der Waals surface area contributed by atoms with Crippen molar-refractivity contribution in [2.45, 2.75) is 95.8 Å². The van der Waals surface area contributed by atoms with Gasteiger partial charge in [-0.05, 0) is 63.2 Å². The molecule has 2 aromatic rings. The molecule has 2 aliphatic carbocycles. The van der Waals surface area contributed by atoms with E-state index in [0.717, 1.165) is 16.5 Å². The summed E-state index contributed by atoms with van der Waals surface area (Å²) in [5.41, 5.74) is 0.333. The van der Waals surface area contributed by atoms with Crippen LogP contribution in [0.2, 0.25) is 0 Å². The van der Waals surface area contributed by atoms with Crippen LogP contribution in [0.15, 0.2) is 11.6 Å². The Hall–Kier alpha value is -3.75. The van der Waals surface area contributed by atoms with Gasteiger partial charge in [0.25, 0.3) is 0 Å². The summed E-state index contributed by atoms with van der Waals surface area (Å²) >= 11 is 1.43. The number of carbonyl (C=O) groups is 3. The first kappa shape index (κ1) is 32.6. The van der Waals surface area contributed by atoms with Crippen molar-refractivity contribution < 1.29 is 32.3 Å². The minimum absolute atomic E-state index is 0.0780. The van der Waals surface area contributed by atoms with Gasteiger partial charge in [0.15, 0.2) is 0 Å². The zero-order chi connectivity index (χ0) is 32.9. The van der Waals surface area contributed by atoms with Crippen LogP contribution < -0.4 is 10.6 Å². The zero-order valence-corrected chi connectivity index (χ0v) is 26.2. The van der Waals surface area contributed by atoms with Gasteiger partial charge in [-0.3, -0.25) is 14.4 Å². The van der Waals surface area contributed by atoms with E-state index in [4.69, 9.17) is 11.2 Å². The number of aryl methyl sites for hydroxylation is 1. The molecule has 14 heteroatoms. The van der Waals surface area contributed by atoms with E-state index in [0.29, 0.717) is 24.1 Å². The topological polar surface area (TPSA) is 137 Å². The zero-order valence-electron chi connectivity index (χ0n) is 25.4. The monoisotopic (exact) mass is 644 g/mol. The van der Waals surface area contributed by atoms with Gasteiger partial charge in [0.2, 0.25) is 11.8 Å². The van der Waals surface area contributed by atoms with Gasteiger partial charge in [0.05, 0.1) is 34.4 Å². The van der Waals surface area contributed by atoms with Gasteiger partial charge < -0.3 is 20.3 Å². The second kappa shape index (κ2) is 11.9. The number of nitriles is 1. The number of hydrogen-bond acceptors (Lipinski definition) is 8. The first-order chi connectivity index (χ1) is 21.1. The summed E-state index contributed by atoms with van der Waals surface area (Å²) in [6.07, 6.45) is 3.62. The van der Waals surface area contributed by atoms with Crippen LogP contribution >= 0.6 is 11.3 Å². The molecule has 1 aliphatic heterocycles. The first-order valence-corrected chi connectivity index (χ1v) is 15.7. The first-order valence-electron chi connectivity index (χ1n) is 14.9. The summed E-state index contributed by atoms with van der Waals surface area (Å²) in [5, 5.41) is 25.3. The Labute approximate surface area is 263 Å². The third kappa shape index (κ3) is 6.23. The average Bonchev–Trinajstić information content (AvgIpc) is 3.34. The summed E-state index contributed by atoms with van der Waals surface area (Å²) < 4.78 is 46.8. The standard InChI is InChI=1S/C31H35F3N6O4S/c1-6-17-15-45-21-13-36-39-20(22(17)21)9-8-18(12-35)37-26(41)25-23-19(29(23,3)4)14-40(25)27(42)24(38-28(43)31(32,33)34)16(2)44-30(5)10-7-11-30/h1,13,15-16,18-19,23-25H,7-11,14H2,2-5H3,(H,37,41)(H,38,43)/t16-,18?,19+,23+,24+,25+/m1/s1. The molecule has 1 saturated heterocycles. The number of terminal acetylenes is 1. The molecular formula is C31H35F3N6O4S. The molecule has 3 fully saturated rings. The van der Waals surface area contributed by atoms with Crippen LogP contribution in [0, 0.1) is 40.9 Å². The molecule has 240 valence electrons. The number of rotatable bonds is 10. The molecule has 6 atom stereocenters. The van der Waals surface area contributed by atoms with Crippen LogP contribution in [0.4, 0.5) is 13.2 Å². The Morgan fingerprint density at radius 1 is 1.27 bits per heavy atom. The predicted octanol–water partition coefficient (Wildman–Crippen LogP) is 3.49. The van der Waals surface area contributed by atoms with Crippen molar-refractivity contribution in [2.24, 2.45) is 17.3 Å². The van der Waals surface area contributed by atoms with E-state index in [9.17, 15) is 32.8 Å². The lowest BCUT2D eigenvalue weighted by atomic mass is 9.81.